The van der Waals surface area contributed by atoms with Crippen molar-refractivity contribution in [2.45, 2.75) is 150 Å². The Kier molecular flexibility index (Phi) is 22.2. The molecule has 0 spiro atoms. The summed E-state index contributed by atoms with van der Waals surface area (Å²) < 4.78 is 27.3. The lowest BCUT2D eigenvalue weighted by Gasteiger charge is -2.31. The van der Waals surface area contributed by atoms with Crippen molar-refractivity contribution in [2.75, 3.05) is 13.2 Å². The zero-order valence-corrected chi connectivity index (χ0v) is 31.3. The summed E-state index contributed by atoms with van der Waals surface area (Å²) in [7, 11) is 0. The largest absolute Gasteiger partial charge is 0.454 e. The lowest BCUT2D eigenvalue weighted by Crippen LogP contribution is -2.48. The smallest absolute Gasteiger partial charge is 0.348 e. The van der Waals surface area contributed by atoms with Gasteiger partial charge in [0.1, 0.15) is 12.2 Å². The van der Waals surface area contributed by atoms with Crippen LogP contribution in [0.15, 0.2) is 0 Å². The molecule has 0 radical (unpaired) electrons. The number of aliphatic hydroxyl groups excluding tert-OH is 5. The van der Waals surface area contributed by atoms with Crippen molar-refractivity contribution in [3.05, 3.63) is 0 Å². The Morgan fingerprint density at radius 2 is 0.720 bits per heavy atom. The molecule has 292 valence electrons. The highest BCUT2D eigenvalue weighted by molar-refractivity contribution is 5.87. The molecule has 0 fully saturated rings. The Bertz CT molecular complexity index is 1050. The molecule has 15 nitrogen and oxygen atoms in total. The molecule has 0 heterocycles. The molecule has 13 atom stereocenters. The maximum atomic E-state index is 13.6. The number of carbonyl (C=O) groups is 5. The van der Waals surface area contributed by atoms with E-state index in [2.05, 4.69) is 0 Å². The zero-order chi connectivity index (χ0) is 38.9. The number of carbonyl (C=O) groups excluding carboxylic acids is 5. The molecule has 0 rings (SSSR count). The highest BCUT2D eigenvalue weighted by Crippen LogP contribution is 2.24. The quantitative estimate of drug-likeness (QED) is 0.0707. The van der Waals surface area contributed by atoms with Crippen molar-refractivity contribution in [2.24, 2.45) is 29.6 Å². The van der Waals surface area contributed by atoms with Crippen molar-refractivity contribution in [1.29, 1.82) is 0 Å². The van der Waals surface area contributed by atoms with Gasteiger partial charge >= 0.3 is 29.8 Å². The van der Waals surface area contributed by atoms with Crippen LogP contribution in [0, 0.1) is 29.6 Å². The highest BCUT2D eigenvalue weighted by Gasteiger charge is 2.42. The molecule has 50 heavy (non-hydrogen) atoms. The summed E-state index contributed by atoms with van der Waals surface area (Å²) in [6, 6.07) is 0. The molecule has 0 amide bonds. The average molecular weight is 723 g/mol. The van der Waals surface area contributed by atoms with Crippen molar-refractivity contribution < 1.29 is 73.2 Å². The van der Waals surface area contributed by atoms with Crippen LogP contribution in [0.5, 0.6) is 0 Å². The minimum absolute atomic E-state index is 0.314. The second kappa shape index (κ2) is 23.6. The summed E-state index contributed by atoms with van der Waals surface area (Å²) in [6.07, 6.45) is -11.0. The van der Waals surface area contributed by atoms with Crippen LogP contribution in [0.3, 0.4) is 0 Å². The van der Waals surface area contributed by atoms with Crippen LogP contribution < -0.4 is 0 Å². The average Bonchev–Trinajstić information content (AvgIpc) is 3.12. The molecule has 0 aliphatic rings. The third-order valence-electron chi connectivity index (χ3n) is 9.38. The van der Waals surface area contributed by atoms with E-state index in [0.717, 1.165) is 0 Å². The van der Waals surface area contributed by atoms with Crippen molar-refractivity contribution in [3.8, 4) is 0 Å². The predicted molar refractivity (Wildman–Crippen MR) is 179 cm³/mol. The molecular formula is C35H62O15. The van der Waals surface area contributed by atoms with E-state index < -0.39 is 121 Å². The lowest BCUT2D eigenvalue weighted by atomic mass is 9.98. The van der Waals surface area contributed by atoms with Gasteiger partial charge < -0.3 is 49.2 Å². The zero-order valence-electron chi connectivity index (χ0n) is 31.3. The number of aliphatic hydroxyl groups is 5. The first-order chi connectivity index (χ1) is 23.4. The first-order valence-electron chi connectivity index (χ1n) is 17.7. The van der Waals surface area contributed by atoms with Gasteiger partial charge in [-0.3, -0.25) is 0 Å². The normalized spacial score (nSPS) is 19.4. The van der Waals surface area contributed by atoms with Crippen LogP contribution in [-0.4, -0.2) is 117 Å². The SMILES string of the molecule is CCC(C)C(O)C(=O)OC(C(=O)OC(C(=O)OC(C(=O)OC(C(=O)OC(CO)C(O)C(O)CO)C(C)CC)C(C)CC)C(C)CC)C(C)CC. The summed E-state index contributed by atoms with van der Waals surface area (Å²) in [5.74, 6) is -8.23. The van der Waals surface area contributed by atoms with Crippen molar-refractivity contribution in [3.63, 3.8) is 0 Å². The minimum atomic E-state index is -1.84. The summed E-state index contributed by atoms with van der Waals surface area (Å²) >= 11 is 0. The van der Waals surface area contributed by atoms with Gasteiger partial charge in [0.25, 0.3) is 0 Å². The Morgan fingerprint density at radius 3 is 0.980 bits per heavy atom. The fraction of sp³-hybridized carbons (Fsp3) is 0.857. The highest BCUT2D eigenvalue weighted by atomic mass is 16.6. The maximum absolute atomic E-state index is 13.6. The van der Waals surface area contributed by atoms with E-state index in [4.69, 9.17) is 28.8 Å². The second-order valence-corrected chi connectivity index (χ2v) is 13.2. The molecule has 13 unspecified atom stereocenters. The Hall–Kier alpha value is -2.85. The van der Waals surface area contributed by atoms with Gasteiger partial charge in [-0.05, 0) is 31.6 Å². The van der Waals surface area contributed by atoms with Gasteiger partial charge in [0.15, 0.2) is 12.2 Å². The summed E-state index contributed by atoms with van der Waals surface area (Å²) in [5.41, 5.74) is 0. The van der Waals surface area contributed by atoms with Gasteiger partial charge in [0.05, 0.1) is 13.2 Å². The molecule has 0 aromatic heterocycles. The Labute approximate surface area is 295 Å². The van der Waals surface area contributed by atoms with Gasteiger partial charge in [-0.15, -0.1) is 0 Å². The number of hydrogen-bond donors (Lipinski definition) is 5. The summed E-state index contributed by atoms with van der Waals surface area (Å²) in [5, 5.41) is 49.0. The first kappa shape index (κ1) is 47.1. The first-order valence-corrected chi connectivity index (χ1v) is 17.7. The van der Waals surface area contributed by atoms with E-state index in [9.17, 15) is 44.4 Å². The number of ether oxygens (including phenoxy) is 5. The molecule has 0 aromatic carbocycles. The maximum Gasteiger partial charge on any atom is 0.348 e. The molecule has 5 N–H and O–H groups in total. The predicted octanol–water partition coefficient (Wildman–Crippen LogP) is 1.84. The Balaban J connectivity index is 6.28. The standard InChI is InChI=1S/C35H62O15/c1-11-18(6)25(39)31(41)47-28(20(8)13-3)33(43)49-30(22(10)15-5)35(45)50-29(21(9)14-4)34(44)48-27(19(7)12-2)32(42)46-24(17-37)26(40)23(38)16-36/h18-30,36-40H,11-17H2,1-10H3. The van der Waals surface area contributed by atoms with Crippen LogP contribution in [0.1, 0.15) is 101 Å². The van der Waals surface area contributed by atoms with Crippen LogP contribution in [0.4, 0.5) is 0 Å². The van der Waals surface area contributed by atoms with E-state index in [0.29, 0.717) is 32.1 Å². The molecule has 0 aliphatic carbocycles. The molecule has 0 saturated heterocycles. The molecule has 0 aliphatic heterocycles. The summed E-state index contributed by atoms with van der Waals surface area (Å²) in [4.78, 5) is 66.5. The van der Waals surface area contributed by atoms with E-state index in [1.165, 1.54) is 0 Å². The fourth-order valence-corrected chi connectivity index (χ4v) is 4.46. The molecule has 0 bridgehead atoms. The third-order valence-corrected chi connectivity index (χ3v) is 9.38. The fourth-order valence-electron chi connectivity index (χ4n) is 4.46. The van der Waals surface area contributed by atoms with E-state index in [1.807, 2.05) is 0 Å². The molecule has 15 heteroatoms. The van der Waals surface area contributed by atoms with Crippen LogP contribution in [-0.2, 0) is 47.7 Å². The van der Waals surface area contributed by atoms with Gasteiger partial charge in [-0.2, -0.15) is 0 Å². The Morgan fingerprint density at radius 1 is 0.440 bits per heavy atom. The van der Waals surface area contributed by atoms with Crippen LogP contribution in [0.25, 0.3) is 0 Å². The van der Waals surface area contributed by atoms with E-state index in [-0.39, 0.29) is 0 Å². The molecule has 0 saturated carbocycles. The van der Waals surface area contributed by atoms with Crippen LogP contribution >= 0.6 is 0 Å². The molecular weight excluding hydrogens is 660 g/mol. The van der Waals surface area contributed by atoms with E-state index in [1.54, 1.807) is 69.2 Å². The van der Waals surface area contributed by atoms with Gasteiger partial charge in [-0.1, -0.05) is 75.7 Å². The van der Waals surface area contributed by atoms with Crippen LogP contribution in [0.2, 0.25) is 0 Å². The number of rotatable bonds is 24. The van der Waals surface area contributed by atoms with Crippen molar-refractivity contribution in [1.82, 2.24) is 0 Å². The topological polar surface area (TPSA) is 233 Å². The van der Waals surface area contributed by atoms with Gasteiger partial charge in [0.2, 0.25) is 24.4 Å². The lowest BCUT2D eigenvalue weighted by molar-refractivity contribution is -0.198. The van der Waals surface area contributed by atoms with Gasteiger partial charge in [-0.25, -0.2) is 24.0 Å². The van der Waals surface area contributed by atoms with Gasteiger partial charge in [0, 0.05) is 23.7 Å². The van der Waals surface area contributed by atoms with Crippen molar-refractivity contribution >= 4 is 29.8 Å². The summed E-state index contributed by atoms with van der Waals surface area (Å²) in [6.45, 7) is 15.1. The molecule has 0 aromatic rings. The van der Waals surface area contributed by atoms with E-state index >= 15 is 0 Å². The third kappa shape index (κ3) is 14.0. The number of esters is 5. The monoisotopic (exact) mass is 722 g/mol. The number of hydrogen-bond acceptors (Lipinski definition) is 15. The minimum Gasteiger partial charge on any atom is -0.454 e. The second-order valence-electron chi connectivity index (χ2n) is 13.2.